The maximum Gasteiger partial charge on any atom is 0.306 e. The van der Waals surface area contributed by atoms with Gasteiger partial charge in [-0.05, 0) is 37.7 Å². The quantitative estimate of drug-likeness (QED) is 0.705. The Morgan fingerprint density at radius 3 is 2.36 bits per heavy atom. The number of carboxylic acid groups (broad SMARTS) is 1. The first-order valence-electron chi connectivity index (χ1n) is 8.42. The van der Waals surface area contributed by atoms with Crippen molar-refractivity contribution in [2.75, 3.05) is 6.54 Å². The highest BCUT2D eigenvalue weighted by Gasteiger charge is 2.36. The van der Waals surface area contributed by atoms with Crippen molar-refractivity contribution in [3.63, 3.8) is 0 Å². The first-order valence-corrected chi connectivity index (χ1v) is 8.42. The van der Waals surface area contributed by atoms with E-state index in [1.807, 2.05) is 0 Å². The second kappa shape index (κ2) is 7.04. The van der Waals surface area contributed by atoms with Crippen molar-refractivity contribution in [1.29, 1.82) is 0 Å². The zero-order valence-electron chi connectivity index (χ0n) is 13.7. The van der Waals surface area contributed by atoms with Gasteiger partial charge in [-0.25, -0.2) is 0 Å². The van der Waals surface area contributed by atoms with Crippen molar-refractivity contribution in [2.45, 2.75) is 31.7 Å². The third-order valence-electron chi connectivity index (χ3n) is 5.00. The van der Waals surface area contributed by atoms with Crippen molar-refractivity contribution in [1.82, 2.24) is 10.6 Å². The van der Waals surface area contributed by atoms with Crippen LogP contribution in [0.1, 0.15) is 46.4 Å². The number of carbonyl (C=O) groups excluding carboxylic acids is 3. The molecular weight excluding hydrogens is 324 g/mol. The standard InChI is InChI=1S/C18H20N2O5/c21-15-12-3-1-2-4-13(12)16(22)20-14(15)17(23)19-9-10-5-7-11(8-6-10)18(24)25/h1-4,10-11,14H,5-9H2,(H,19,23)(H,20,22)(H,24,25). The molecule has 1 aliphatic heterocycles. The summed E-state index contributed by atoms with van der Waals surface area (Å²) in [6.45, 7) is 0.381. The summed E-state index contributed by atoms with van der Waals surface area (Å²) in [6.07, 6.45) is 2.65. The van der Waals surface area contributed by atoms with Crippen LogP contribution in [0.2, 0.25) is 0 Å². The number of rotatable bonds is 4. The van der Waals surface area contributed by atoms with Crippen LogP contribution < -0.4 is 10.6 Å². The van der Waals surface area contributed by atoms with E-state index in [4.69, 9.17) is 5.11 Å². The lowest BCUT2D eigenvalue weighted by molar-refractivity contribution is -0.143. The van der Waals surface area contributed by atoms with Crippen LogP contribution in [-0.4, -0.2) is 41.3 Å². The molecule has 0 radical (unpaired) electrons. The lowest BCUT2D eigenvalue weighted by Gasteiger charge is -2.28. The third-order valence-corrected chi connectivity index (χ3v) is 5.00. The fourth-order valence-electron chi connectivity index (χ4n) is 3.47. The predicted molar refractivity (Wildman–Crippen MR) is 88.1 cm³/mol. The Morgan fingerprint density at radius 2 is 1.72 bits per heavy atom. The Morgan fingerprint density at radius 1 is 1.08 bits per heavy atom. The fraction of sp³-hybridized carbons (Fsp3) is 0.444. The molecule has 0 spiro atoms. The SMILES string of the molecule is O=C1NC(C(=O)NCC2CCC(C(=O)O)CC2)C(=O)c2ccccc21. The minimum absolute atomic E-state index is 0.196. The highest BCUT2D eigenvalue weighted by Crippen LogP contribution is 2.28. The van der Waals surface area contributed by atoms with Crippen LogP contribution in [0.5, 0.6) is 0 Å². The first-order chi connectivity index (χ1) is 12.0. The third kappa shape index (κ3) is 3.55. The number of amides is 2. The Hall–Kier alpha value is -2.70. The molecule has 1 heterocycles. The number of hydrogen-bond donors (Lipinski definition) is 3. The van der Waals surface area contributed by atoms with Gasteiger partial charge in [0, 0.05) is 12.1 Å². The number of carbonyl (C=O) groups is 4. The molecule has 1 aromatic carbocycles. The summed E-state index contributed by atoms with van der Waals surface area (Å²) in [5.74, 6) is -2.24. The van der Waals surface area contributed by atoms with Gasteiger partial charge in [0.2, 0.25) is 0 Å². The van der Waals surface area contributed by atoms with Gasteiger partial charge in [0.05, 0.1) is 11.5 Å². The number of carboxylic acids is 1. The molecule has 1 aromatic rings. The number of ketones is 1. The molecule has 1 unspecified atom stereocenters. The topological polar surface area (TPSA) is 113 Å². The van der Waals surface area contributed by atoms with Crippen LogP contribution in [0.25, 0.3) is 0 Å². The van der Waals surface area contributed by atoms with Gasteiger partial charge in [0.15, 0.2) is 11.8 Å². The van der Waals surface area contributed by atoms with Gasteiger partial charge in [-0.2, -0.15) is 0 Å². The maximum absolute atomic E-state index is 12.4. The molecule has 2 amide bonds. The summed E-state index contributed by atoms with van der Waals surface area (Å²) < 4.78 is 0. The molecule has 7 heteroatoms. The second-order valence-corrected chi connectivity index (χ2v) is 6.62. The van der Waals surface area contributed by atoms with Crippen LogP contribution in [0.3, 0.4) is 0 Å². The molecule has 7 nitrogen and oxygen atoms in total. The number of benzene rings is 1. The average Bonchev–Trinajstić information content (AvgIpc) is 2.63. The van der Waals surface area contributed by atoms with Crippen molar-refractivity contribution < 1.29 is 24.3 Å². The van der Waals surface area contributed by atoms with E-state index < -0.39 is 29.6 Å². The Labute approximate surface area is 144 Å². The van der Waals surface area contributed by atoms with E-state index in [9.17, 15) is 19.2 Å². The fourth-order valence-corrected chi connectivity index (χ4v) is 3.47. The molecule has 3 N–H and O–H groups in total. The second-order valence-electron chi connectivity index (χ2n) is 6.62. The molecule has 1 aliphatic carbocycles. The van der Waals surface area contributed by atoms with Crippen LogP contribution in [0, 0.1) is 11.8 Å². The molecule has 1 saturated carbocycles. The molecule has 0 aromatic heterocycles. The average molecular weight is 344 g/mol. The molecule has 25 heavy (non-hydrogen) atoms. The van der Waals surface area contributed by atoms with Crippen LogP contribution in [0.15, 0.2) is 24.3 Å². The van der Waals surface area contributed by atoms with Crippen molar-refractivity contribution in [2.24, 2.45) is 11.8 Å². The van der Waals surface area contributed by atoms with Crippen LogP contribution in [0.4, 0.5) is 0 Å². The smallest absolute Gasteiger partial charge is 0.306 e. The van der Waals surface area contributed by atoms with E-state index >= 15 is 0 Å². The lowest BCUT2D eigenvalue weighted by Crippen LogP contribution is -2.55. The maximum atomic E-state index is 12.4. The van der Waals surface area contributed by atoms with Crippen LogP contribution >= 0.6 is 0 Å². The zero-order valence-corrected chi connectivity index (χ0v) is 13.7. The van der Waals surface area contributed by atoms with Gasteiger partial charge in [-0.15, -0.1) is 0 Å². The van der Waals surface area contributed by atoms with E-state index in [1.165, 1.54) is 0 Å². The van der Waals surface area contributed by atoms with E-state index in [0.717, 1.165) is 12.8 Å². The highest BCUT2D eigenvalue weighted by molar-refractivity contribution is 6.23. The van der Waals surface area contributed by atoms with Crippen molar-refractivity contribution in [3.05, 3.63) is 35.4 Å². The van der Waals surface area contributed by atoms with Crippen molar-refractivity contribution in [3.8, 4) is 0 Å². The van der Waals surface area contributed by atoms with E-state index in [0.29, 0.717) is 19.4 Å². The predicted octanol–water partition coefficient (Wildman–Crippen LogP) is 0.988. The summed E-state index contributed by atoms with van der Waals surface area (Å²) in [7, 11) is 0. The monoisotopic (exact) mass is 344 g/mol. The summed E-state index contributed by atoms with van der Waals surface area (Å²) in [4.78, 5) is 47.8. The number of hydrogen-bond acceptors (Lipinski definition) is 4. The van der Waals surface area contributed by atoms with E-state index in [1.54, 1.807) is 24.3 Å². The van der Waals surface area contributed by atoms with E-state index in [-0.39, 0.29) is 23.0 Å². The van der Waals surface area contributed by atoms with Crippen molar-refractivity contribution >= 4 is 23.6 Å². The Kier molecular flexibility index (Phi) is 4.83. The molecular formula is C18H20N2O5. The van der Waals surface area contributed by atoms with Gasteiger partial charge in [-0.1, -0.05) is 18.2 Å². The summed E-state index contributed by atoms with van der Waals surface area (Å²) >= 11 is 0. The van der Waals surface area contributed by atoms with Gasteiger partial charge in [-0.3, -0.25) is 19.2 Å². The van der Waals surface area contributed by atoms with Gasteiger partial charge >= 0.3 is 5.97 Å². The Balaban J connectivity index is 1.57. The normalized spacial score (nSPS) is 25.7. The van der Waals surface area contributed by atoms with Gasteiger partial charge < -0.3 is 15.7 Å². The summed E-state index contributed by atoms with van der Waals surface area (Å²) in [5.41, 5.74) is 0.539. The van der Waals surface area contributed by atoms with E-state index in [2.05, 4.69) is 10.6 Å². The number of aliphatic carboxylic acids is 1. The summed E-state index contributed by atoms with van der Waals surface area (Å²) in [6, 6.07) is 5.21. The number of Topliss-reactive ketones (excluding diaryl/α,β-unsaturated/α-hetero) is 1. The van der Waals surface area contributed by atoms with Gasteiger partial charge in [0.25, 0.3) is 11.8 Å². The number of fused-ring (bicyclic) bond motifs is 1. The molecule has 2 aliphatic rings. The number of nitrogens with one attached hydrogen (secondary N) is 2. The largest absolute Gasteiger partial charge is 0.481 e. The Bertz CT molecular complexity index is 722. The minimum atomic E-state index is -1.21. The minimum Gasteiger partial charge on any atom is -0.481 e. The van der Waals surface area contributed by atoms with Gasteiger partial charge in [0.1, 0.15) is 0 Å². The van der Waals surface area contributed by atoms with Crippen LogP contribution in [-0.2, 0) is 9.59 Å². The molecule has 1 atom stereocenters. The molecule has 1 fully saturated rings. The first kappa shape index (κ1) is 17.1. The highest BCUT2D eigenvalue weighted by atomic mass is 16.4. The molecule has 132 valence electrons. The molecule has 0 bridgehead atoms. The molecule has 3 rings (SSSR count). The summed E-state index contributed by atoms with van der Waals surface area (Å²) in [5, 5.41) is 14.2. The zero-order chi connectivity index (χ0) is 18.0. The lowest BCUT2D eigenvalue weighted by atomic mass is 9.82. The molecule has 0 saturated heterocycles.